The summed E-state index contributed by atoms with van der Waals surface area (Å²) in [7, 11) is 0. The van der Waals surface area contributed by atoms with Crippen molar-refractivity contribution in [2.24, 2.45) is 11.1 Å². The molecule has 0 heterocycles. The molecule has 14 heavy (non-hydrogen) atoms. The topological polar surface area (TPSA) is 26.0 Å². The highest BCUT2D eigenvalue weighted by Crippen LogP contribution is 2.30. The molecule has 0 spiro atoms. The van der Waals surface area contributed by atoms with Crippen LogP contribution in [0.3, 0.4) is 0 Å². The largest absolute Gasteiger partial charge is 0.324 e. The molecule has 0 saturated heterocycles. The molecule has 3 heteroatoms. The van der Waals surface area contributed by atoms with Crippen molar-refractivity contribution >= 4 is 0 Å². The van der Waals surface area contributed by atoms with Gasteiger partial charge in [0, 0.05) is 12.1 Å². The van der Waals surface area contributed by atoms with Crippen molar-refractivity contribution in [2.75, 3.05) is 0 Å². The zero-order valence-electron chi connectivity index (χ0n) is 8.64. The SMILES string of the molecule is CC(C)(C)[C@@H](N)c1cc(F)cc(F)c1. The van der Waals surface area contributed by atoms with Crippen LogP contribution in [0, 0.1) is 17.0 Å². The molecule has 0 radical (unpaired) electrons. The van der Waals surface area contributed by atoms with Gasteiger partial charge >= 0.3 is 0 Å². The van der Waals surface area contributed by atoms with Crippen LogP contribution in [0.5, 0.6) is 0 Å². The van der Waals surface area contributed by atoms with E-state index >= 15 is 0 Å². The number of hydrogen-bond acceptors (Lipinski definition) is 1. The van der Waals surface area contributed by atoms with Gasteiger partial charge in [0.25, 0.3) is 0 Å². The Hall–Kier alpha value is -0.960. The van der Waals surface area contributed by atoms with Gasteiger partial charge in [0.1, 0.15) is 11.6 Å². The molecule has 1 aromatic carbocycles. The van der Waals surface area contributed by atoms with E-state index < -0.39 is 11.6 Å². The van der Waals surface area contributed by atoms with Gasteiger partial charge in [-0.15, -0.1) is 0 Å². The quantitative estimate of drug-likeness (QED) is 0.739. The van der Waals surface area contributed by atoms with Gasteiger partial charge in [-0.1, -0.05) is 20.8 Å². The molecule has 2 N–H and O–H groups in total. The van der Waals surface area contributed by atoms with Gasteiger partial charge in [0.15, 0.2) is 0 Å². The molecule has 0 amide bonds. The van der Waals surface area contributed by atoms with Crippen LogP contribution in [0.1, 0.15) is 32.4 Å². The Morgan fingerprint density at radius 3 is 1.86 bits per heavy atom. The second-order valence-corrected chi connectivity index (χ2v) is 4.55. The molecule has 0 aromatic heterocycles. The second kappa shape index (κ2) is 3.65. The molecule has 78 valence electrons. The van der Waals surface area contributed by atoms with Crippen molar-refractivity contribution < 1.29 is 8.78 Å². The molecule has 1 aromatic rings. The average Bonchev–Trinajstić information content (AvgIpc) is 1.99. The van der Waals surface area contributed by atoms with Gasteiger partial charge in [-0.05, 0) is 23.1 Å². The van der Waals surface area contributed by atoms with Crippen molar-refractivity contribution in [3.63, 3.8) is 0 Å². The van der Waals surface area contributed by atoms with E-state index in [1.807, 2.05) is 20.8 Å². The minimum absolute atomic E-state index is 0.208. The lowest BCUT2D eigenvalue weighted by molar-refractivity contribution is 0.325. The number of benzene rings is 1. The monoisotopic (exact) mass is 199 g/mol. The van der Waals surface area contributed by atoms with Crippen molar-refractivity contribution in [3.05, 3.63) is 35.4 Å². The summed E-state index contributed by atoms with van der Waals surface area (Å²) < 4.78 is 25.8. The molecule has 0 aliphatic heterocycles. The zero-order chi connectivity index (χ0) is 10.9. The van der Waals surface area contributed by atoms with Crippen molar-refractivity contribution in [1.82, 2.24) is 0 Å². The van der Waals surface area contributed by atoms with Crippen LogP contribution < -0.4 is 5.73 Å². The smallest absolute Gasteiger partial charge is 0.126 e. The maximum absolute atomic E-state index is 12.9. The lowest BCUT2D eigenvalue weighted by Crippen LogP contribution is -2.26. The molecule has 0 fully saturated rings. The standard InChI is InChI=1S/C11H15F2N/c1-11(2,3)10(14)7-4-8(12)6-9(13)5-7/h4-6,10H,14H2,1-3H3/t10-/m0/s1. The molecule has 0 saturated carbocycles. The maximum Gasteiger partial charge on any atom is 0.126 e. The zero-order valence-corrected chi connectivity index (χ0v) is 8.64. The third-order valence-corrected chi connectivity index (χ3v) is 2.18. The fraction of sp³-hybridized carbons (Fsp3) is 0.455. The third kappa shape index (κ3) is 2.51. The van der Waals surface area contributed by atoms with Crippen LogP contribution in [0.25, 0.3) is 0 Å². The summed E-state index contributed by atoms with van der Waals surface area (Å²) in [5.41, 5.74) is 6.16. The van der Waals surface area contributed by atoms with Gasteiger partial charge in [-0.2, -0.15) is 0 Å². The summed E-state index contributed by atoms with van der Waals surface area (Å²) in [6.45, 7) is 5.79. The Morgan fingerprint density at radius 2 is 1.50 bits per heavy atom. The highest BCUT2D eigenvalue weighted by molar-refractivity contribution is 5.22. The van der Waals surface area contributed by atoms with Crippen molar-refractivity contribution in [3.8, 4) is 0 Å². The van der Waals surface area contributed by atoms with E-state index in [1.54, 1.807) is 0 Å². The molecular weight excluding hydrogens is 184 g/mol. The van der Waals surface area contributed by atoms with E-state index in [0.29, 0.717) is 5.56 Å². The average molecular weight is 199 g/mol. The Bertz CT molecular complexity index is 308. The van der Waals surface area contributed by atoms with Gasteiger partial charge in [-0.3, -0.25) is 0 Å². The summed E-state index contributed by atoms with van der Waals surface area (Å²) in [6, 6.07) is 3.03. The van der Waals surface area contributed by atoms with Crippen LogP contribution in [-0.2, 0) is 0 Å². The van der Waals surface area contributed by atoms with Crippen LogP contribution in [-0.4, -0.2) is 0 Å². The van der Waals surface area contributed by atoms with Crippen LogP contribution in [0.15, 0.2) is 18.2 Å². The Balaban J connectivity index is 3.07. The Labute approximate surface area is 82.9 Å². The lowest BCUT2D eigenvalue weighted by atomic mass is 9.83. The Morgan fingerprint density at radius 1 is 1.07 bits per heavy atom. The third-order valence-electron chi connectivity index (χ3n) is 2.18. The summed E-state index contributed by atoms with van der Waals surface area (Å²) in [5, 5.41) is 0. The molecule has 1 rings (SSSR count). The van der Waals surface area contributed by atoms with Crippen LogP contribution >= 0.6 is 0 Å². The second-order valence-electron chi connectivity index (χ2n) is 4.55. The summed E-state index contributed by atoms with van der Waals surface area (Å²) >= 11 is 0. The summed E-state index contributed by atoms with van der Waals surface area (Å²) in [4.78, 5) is 0. The molecule has 0 bridgehead atoms. The van der Waals surface area contributed by atoms with Crippen LogP contribution in [0.4, 0.5) is 8.78 Å². The van der Waals surface area contributed by atoms with E-state index in [-0.39, 0.29) is 11.5 Å². The number of nitrogens with two attached hydrogens (primary N) is 1. The first kappa shape index (κ1) is 11.1. The fourth-order valence-electron chi connectivity index (χ4n) is 1.25. The predicted molar refractivity (Wildman–Crippen MR) is 52.7 cm³/mol. The highest BCUT2D eigenvalue weighted by Gasteiger charge is 2.23. The first-order valence-corrected chi connectivity index (χ1v) is 4.52. The minimum atomic E-state index is -0.584. The minimum Gasteiger partial charge on any atom is -0.324 e. The van der Waals surface area contributed by atoms with Crippen molar-refractivity contribution in [1.29, 1.82) is 0 Å². The maximum atomic E-state index is 12.9. The number of rotatable bonds is 1. The van der Waals surface area contributed by atoms with E-state index in [4.69, 9.17) is 5.73 Å². The first-order valence-electron chi connectivity index (χ1n) is 4.52. The van der Waals surface area contributed by atoms with E-state index in [0.717, 1.165) is 6.07 Å². The molecule has 0 aliphatic rings. The summed E-state index contributed by atoms with van der Waals surface area (Å²) in [5.74, 6) is -1.17. The molecule has 0 unspecified atom stereocenters. The highest BCUT2D eigenvalue weighted by atomic mass is 19.1. The number of hydrogen-bond donors (Lipinski definition) is 1. The van der Waals surface area contributed by atoms with Gasteiger partial charge < -0.3 is 5.73 Å². The lowest BCUT2D eigenvalue weighted by Gasteiger charge is -2.27. The van der Waals surface area contributed by atoms with E-state index in [1.165, 1.54) is 12.1 Å². The van der Waals surface area contributed by atoms with Crippen molar-refractivity contribution in [2.45, 2.75) is 26.8 Å². The van der Waals surface area contributed by atoms with E-state index in [9.17, 15) is 8.78 Å². The van der Waals surface area contributed by atoms with Gasteiger partial charge in [0.05, 0.1) is 0 Å². The Kier molecular flexibility index (Phi) is 2.90. The summed E-state index contributed by atoms with van der Waals surface area (Å²) in [6.07, 6.45) is 0. The number of halogens is 2. The van der Waals surface area contributed by atoms with E-state index in [2.05, 4.69) is 0 Å². The van der Waals surface area contributed by atoms with Gasteiger partial charge in [-0.25, -0.2) is 8.78 Å². The predicted octanol–water partition coefficient (Wildman–Crippen LogP) is 3.01. The molecular formula is C11H15F2N. The molecule has 1 nitrogen and oxygen atoms in total. The first-order chi connectivity index (χ1) is 6.30. The molecule has 0 aliphatic carbocycles. The van der Waals surface area contributed by atoms with Crippen LogP contribution in [0.2, 0.25) is 0 Å². The molecule has 1 atom stereocenters. The normalized spacial score (nSPS) is 14.1. The fourth-order valence-corrected chi connectivity index (χ4v) is 1.25. The van der Waals surface area contributed by atoms with Gasteiger partial charge in [0.2, 0.25) is 0 Å².